The smallest absolute Gasteiger partial charge is 0.223 e. The number of nitrogens with zero attached hydrogens (tertiary/aromatic N) is 1. The minimum absolute atomic E-state index is 0.104. The van der Waals surface area contributed by atoms with E-state index in [1.54, 1.807) is 12.1 Å². The highest BCUT2D eigenvalue weighted by Crippen LogP contribution is 2.28. The van der Waals surface area contributed by atoms with E-state index in [9.17, 15) is 9.18 Å². The molecule has 22 heavy (non-hydrogen) atoms. The molecule has 1 aliphatic rings. The summed E-state index contributed by atoms with van der Waals surface area (Å²) in [7, 11) is 0. The van der Waals surface area contributed by atoms with Gasteiger partial charge in [-0.15, -0.1) is 0 Å². The molecule has 1 heterocycles. The summed E-state index contributed by atoms with van der Waals surface area (Å²) >= 11 is 0. The molecule has 1 fully saturated rings. The van der Waals surface area contributed by atoms with Gasteiger partial charge in [0.1, 0.15) is 5.82 Å². The Hall–Kier alpha value is -1.42. The van der Waals surface area contributed by atoms with Gasteiger partial charge >= 0.3 is 0 Å². The summed E-state index contributed by atoms with van der Waals surface area (Å²) < 4.78 is 18.6. The van der Waals surface area contributed by atoms with Gasteiger partial charge in [0, 0.05) is 19.5 Å². The molecule has 0 spiro atoms. The standard InChI is InChI=1S/C18H26FNO2/c1-13(2)10-16(15-4-6-17(19)7-5-15)11-18(21)20-8-9-22-14(3)12-20/h4-7,13-14,16H,8-12H2,1-3H3. The molecule has 0 N–H and O–H groups in total. The summed E-state index contributed by atoms with van der Waals surface area (Å²) in [6.07, 6.45) is 1.51. The van der Waals surface area contributed by atoms with Crippen LogP contribution in [0.15, 0.2) is 24.3 Å². The second-order valence-electron chi connectivity index (χ2n) is 6.60. The molecule has 122 valence electrons. The fourth-order valence-electron chi connectivity index (χ4n) is 3.03. The second kappa shape index (κ2) is 7.73. The van der Waals surface area contributed by atoms with Gasteiger partial charge in [0.25, 0.3) is 0 Å². The predicted molar refractivity (Wildman–Crippen MR) is 85.2 cm³/mol. The summed E-state index contributed by atoms with van der Waals surface area (Å²) in [6, 6.07) is 6.56. The number of ether oxygens (including phenoxy) is 1. The van der Waals surface area contributed by atoms with Gasteiger partial charge in [0.2, 0.25) is 5.91 Å². The molecule has 0 aliphatic carbocycles. The first-order chi connectivity index (χ1) is 10.5. The van der Waals surface area contributed by atoms with Crippen LogP contribution in [0, 0.1) is 11.7 Å². The Morgan fingerprint density at radius 2 is 2.05 bits per heavy atom. The van der Waals surface area contributed by atoms with E-state index in [0.29, 0.717) is 32.0 Å². The maximum absolute atomic E-state index is 13.1. The number of carbonyl (C=O) groups is 1. The second-order valence-corrected chi connectivity index (χ2v) is 6.60. The maximum Gasteiger partial charge on any atom is 0.223 e. The number of rotatable bonds is 5. The molecule has 2 atom stereocenters. The zero-order chi connectivity index (χ0) is 16.1. The van der Waals surface area contributed by atoms with Crippen LogP contribution in [0.4, 0.5) is 4.39 Å². The average molecular weight is 307 g/mol. The SMILES string of the molecule is CC(C)CC(CC(=O)N1CCOC(C)C1)c1ccc(F)cc1. The normalized spacial score (nSPS) is 20.2. The van der Waals surface area contributed by atoms with Crippen LogP contribution in [0.5, 0.6) is 0 Å². The summed E-state index contributed by atoms with van der Waals surface area (Å²) in [4.78, 5) is 14.5. The Morgan fingerprint density at radius 1 is 1.36 bits per heavy atom. The topological polar surface area (TPSA) is 29.5 Å². The van der Waals surface area contributed by atoms with E-state index in [-0.39, 0.29) is 23.7 Å². The van der Waals surface area contributed by atoms with Gasteiger partial charge in [-0.2, -0.15) is 0 Å². The molecule has 2 unspecified atom stereocenters. The van der Waals surface area contributed by atoms with Gasteiger partial charge < -0.3 is 9.64 Å². The van der Waals surface area contributed by atoms with E-state index in [1.807, 2.05) is 11.8 Å². The van der Waals surface area contributed by atoms with Crippen LogP contribution in [0.1, 0.15) is 45.1 Å². The van der Waals surface area contributed by atoms with Gasteiger partial charge in [-0.05, 0) is 42.9 Å². The number of hydrogen-bond acceptors (Lipinski definition) is 2. The van der Waals surface area contributed by atoms with Crippen molar-refractivity contribution in [3.63, 3.8) is 0 Å². The van der Waals surface area contributed by atoms with Crippen LogP contribution in [0.2, 0.25) is 0 Å². The Kier molecular flexibility index (Phi) is 5.95. The molecule has 2 rings (SSSR count). The average Bonchev–Trinajstić information content (AvgIpc) is 2.47. The van der Waals surface area contributed by atoms with E-state index in [4.69, 9.17) is 4.74 Å². The third-order valence-corrected chi connectivity index (χ3v) is 4.11. The lowest BCUT2D eigenvalue weighted by Crippen LogP contribution is -2.44. The lowest BCUT2D eigenvalue weighted by Gasteiger charge is -2.32. The molecule has 0 aromatic heterocycles. The third-order valence-electron chi connectivity index (χ3n) is 4.11. The predicted octanol–water partition coefficient (Wildman–Crippen LogP) is 3.59. The van der Waals surface area contributed by atoms with E-state index >= 15 is 0 Å². The molecule has 0 saturated carbocycles. The first kappa shape index (κ1) is 16.9. The number of benzene rings is 1. The molecule has 1 amide bonds. The van der Waals surface area contributed by atoms with Crippen LogP contribution in [0.3, 0.4) is 0 Å². The van der Waals surface area contributed by atoms with Gasteiger partial charge in [0.15, 0.2) is 0 Å². The van der Waals surface area contributed by atoms with Gasteiger partial charge in [0.05, 0.1) is 12.7 Å². The fourth-order valence-corrected chi connectivity index (χ4v) is 3.03. The van der Waals surface area contributed by atoms with Crippen molar-refractivity contribution in [3.05, 3.63) is 35.6 Å². The van der Waals surface area contributed by atoms with Gasteiger partial charge in [-0.25, -0.2) is 4.39 Å². The summed E-state index contributed by atoms with van der Waals surface area (Å²) in [5, 5.41) is 0. The monoisotopic (exact) mass is 307 g/mol. The van der Waals surface area contributed by atoms with Crippen molar-refractivity contribution in [2.24, 2.45) is 5.92 Å². The minimum Gasteiger partial charge on any atom is -0.375 e. The molecule has 3 nitrogen and oxygen atoms in total. The molecule has 1 saturated heterocycles. The van der Waals surface area contributed by atoms with E-state index in [0.717, 1.165) is 12.0 Å². The Morgan fingerprint density at radius 3 is 2.64 bits per heavy atom. The Bertz CT molecular complexity index is 486. The highest BCUT2D eigenvalue weighted by Gasteiger charge is 2.25. The largest absolute Gasteiger partial charge is 0.375 e. The highest BCUT2D eigenvalue weighted by atomic mass is 19.1. The molecular weight excluding hydrogens is 281 g/mol. The van der Waals surface area contributed by atoms with Crippen molar-refractivity contribution in [1.82, 2.24) is 4.90 Å². The van der Waals surface area contributed by atoms with Gasteiger partial charge in [-0.1, -0.05) is 26.0 Å². The Labute approximate surface area is 132 Å². The van der Waals surface area contributed by atoms with E-state index in [2.05, 4.69) is 13.8 Å². The maximum atomic E-state index is 13.1. The fraction of sp³-hybridized carbons (Fsp3) is 0.611. The van der Waals surface area contributed by atoms with Crippen molar-refractivity contribution < 1.29 is 13.9 Å². The van der Waals surface area contributed by atoms with Crippen molar-refractivity contribution in [2.45, 2.75) is 45.6 Å². The zero-order valence-corrected chi connectivity index (χ0v) is 13.7. The van der Waals surface area contributed by atoms with Crippen LogP contribution < -0.4 is 0 Å². The number of morpholine rings is 1. The number of halogens is 1. The van der Waals surface area contributed by atoms with Crippen molar-refractivity contribution in [2.75, 3.05) is 19.7 Å². The lowest BCUT2D eigenvalue weighted by molar-refractivity contribution is -0.138. The molecular formula is C18H26FNO2. The molecule has 0 bridgehead atoms. The first-order valence-corrected chi connectivity index (χ1v) is 8.10. The number of hydrogen-bond donors (Lipinski definition) is 0. The Balaban J connectivity index is 2.05. The number of carbonyl (C=O) groups excluding carboxylic acids is 1. The van der Waals surface area contributed by atoms with Crippen molar-refractivity contribution >= 4 is 5.91 Å². The van der Waals surface area contributed by atoms with Crippen LogP contribution in [-0.2, 0) is 9.53 Å². The van der Waals surface area contributed by atoms with Crippen LogP contribution >= 0.6 is 0 Å². The lowest BCUT2D eigenvalue weighted by atomic mass is 9.87. The number of amides is 1. The van der Waals surface area contributed by atoms with Gasteiger partial charge in [-0.3, -0.25) is 4.79 Å². The zero-order valence-electron chi connectivity index (χ0n) is 13.7. The summed E-state index contributed by atoms with van der Waals surface area (Å²) in [5.74, 6) is 0.572. The molecule has 1 aromatic carbocycles. The quantitative estimate of drug-likeness (QED) is 0.832. The minimum atomic E-state index is -0.236. The van der Waals surface area contributed by atoms with Crippen molar-refractivity contribution in [3.8, 4) is 0 Å². The summed E-state index contributed by atoms with van der Waals surface area (Å²) in [6.45, 7) is 8.23. The molecule has 1 aromatic rings. The van der Waals surface area contributed by atoms with Crippen LogP contribution in [0.25, 0.3) is 0 Å². The third kappa shape index (κ3) is 4.80. The summed E-state index contributed by atoms with van der Waals surface area (Å²) in [5.41, 5.74) is 1.05. The van der Waals surface area contributed by atoms with Crippen molar-refractivity contribution in [1.29, 1.82) is 0 Å². The van der Waals surface area contributed by atoms with E-state index in [1.165, 1.54) is 12.1 Å². The molecule has 1 aliphatic heterocycles. The van der Waals surface area contributed by atoms with E-state index < -0.39 is 0 Å². The molecule has 0 radical (unpaired) electrons. The van der Waals surface area contributed by atoms with Crippen LogP contribution in [-0.4, -0.2) is 36.6 Å². The highest BCUT2D eigenvalue weighted by molar-refractivity contribution is 5.77. The molecule has 4 heteroatoms. The first-order valence-electron chi connectivity index (χ1n) is 8.10.